The van der Waals surface area contributed by atoms with Crippen molar-refractivity contribution in [2.45, 2.75) is 5.16 Å². The van der Waals surface area contributed by atoms with Gasteiger partial charge in [-0.3, -0.25) is 9.36 Å². The molecule has 1 rings (SSSR count). The molecule has 1 aromatic heterocycles. The fourth-order valence-electron chi connectivity index (χ4n) is 1.55. The lowest BCUT2D eigenvalue weighted by Gasteiger charge is -2.22. The second-order valence-corrected chi connectivity index (χ2v) is 4.94. The third-order valence-corrected chi connectivity index (χ3v) is 3.56. The van der Waals surface area contributed by atoms with Gasteiger partial charge in [-0.25, -0.2) is 0 Å². The number of ether oxygens (including phenoxy) is 2. The molecule has 0 saturated carbocycles. The van der Waals surface area contributed by atoms with Gasteiger partial charge in [0.2, 0.25) is 5.95 Å². The van der Waals surface area contributed by atoms with E-state index in [9.17, 15) is 4.79 Å². The van der Waals surface area contributed by atoms with E-state index in [1.807, 2.05) is 11.9 Å². The Balaban J connectivity index is 2.76. The predicted molar refractivity (Wildman–Crippen MR) is 75.3 cm³/mol. The lowest BCUT2D eigenvalue weighted by molar-refractivity contribution is -0.133. The third kappa shape index (κ3) is 4.99. The molecule has 9 heteroatoms. The molecule has 0 spiro atoms. The van der Waals surface area contributed by atoms with Crippen molar-refractivity contribution in [1.29, 1.82) is 0 Å². The van der Waals surface area contributed by atoms with Crippen LogP contribution < -0.4 is 4.90 Å². The molecule has 0 atom stereocenters. The van der Waals surface area contributed by atoms with Gasteiger partial charge in [-0.1, -0.05) is 11.8 Å². The van der Waals surface area contributed by atoms with Gasteiger partial charge in [0.1, 0.15) is 0 Å². The minimum Gasteiger partial charge on any atom is -0.481 e. The van der Waals surface area contributed by atoms with Crippen molar-refractivity contribution in [3.8, 4) is 0 Å². The quantitative estimate of drug-likeness (QED) is 0.608. The summed E-state index contributed by atoms with van der Waals surface area (Å²) in [5.41, 5.74) is 0. The molecular formula is C11H20N4O4S. The number of carbonyl (C=O) groups is 1. The molecule has 0 aliphatic heterocycles. The van der Waals surface area contributed by atoms with E-state index in [4.69, 9.17) is 14.6 Å². The van der Waals surface area contributed by atoms with Crippen molar-refractivity contribution in [3.05, 3.63) is 0 Å². The Labute approximate surface area is 122 Å². The van der Waals surface area contributed by atoms with Crippen molar-refractivity contribution < 1.29 is 19.4 Å². The number of nitrogens with zero attached hydrogens (tertiary/aromatic N) is 4. The van der Waals surface area contributed by atoms with Crippen LogP contribution in [-0.4, -0.2) is 72.1 Å². The van der Waals surface area contributed by atoms with Crippen LogP contribution in [0.3, 0.4) is 0 Å². The molecule has 0 amide bonds. The highest BCUT2D eigenvalue weighted by molar-refractivity contribution is 7.99. The third-order valence-electron chi connectivity index (χ3n) is 2.55. The minimum absolute atomic E-state index is 0.0396. The summed E-state index contributed by atoms with van der Waals surface area (Å²) < 4.78 is 11.9. The number of rotatable bonds is 10. The Hall–Kier alpha value is -1.32. The van der Waals surface area contributed by atoms with E-state index in [0.29, 0.717) is 37.4 Å². The van der Waals surface area contributed by atoms with Gasteiger partial charge in [-0.05, 0) is 0 Å². The molecule has 1 aromatic rings. The average molecular weight is 304 g/mol. The van der Waals surface area contributed by atoms with E-state index < -0.39 is 5.97 Å². The van der Waals surface area contributed by atoms with Gasteiger partial charge in [0.05, 0.1) is 19.0 Å². The van der Waals surface area contributed by atoms with Gasteiger partial charge in [0, 0.05) is 34.4 Å². The first-order valence-corrected chi connectivity index (χ1v) is 7.05. The highest BCUT2D eigenvalue weighted by Gasteiger charge is 2.16. The van der Waals surface area contributed by atoms with Gasteiger partial charge in [-0.15, -0.1) is 10.2 Å². The molecular weight excluding hydrogens is 284 g/mol. The predicted octanol–water partition coefficient (Wildman–Crippen LogP) is 0.0910. The van der Waals surface area contributed by atoms with E-state index in [0.717, 1.165) is 11.8 Å². The Kier molecular flexibility index (Phi) is 7.34. The summed E-state index contributed by atoms with van der Waals surface area (Å²) in [7, 11) is 5.09. The second-order valence-electron chi connectivity index (χ2n) is 4.00. The largest absolute Gasteiger partial charge is 0.481 e. The highest BCUT2D eigenvalue weighted by Crippen LogP contribution is 2.20. The lowest BCUT2D eigenvalue weighted by Crippen LogP contribution is -2.32. The van der Waals surface area contributed by atoms with Crippen LogP contribution in [-0.2, 0) is 21.3 Å². The summed E-state index contributed by atoms with van der Waals surface area (Å²) >= 11 is 1.14. The second kappa shape index (κ2) is 8.77. The van der Waals surface area contributed by atoms with Crippen LogP contribution in [0.4, 0.5) is 5.95 Å². The number of thioether (sulfide) groups is 1. The zero-order valence-corrected chi connectivity index (χ0v) is 12.7. The normalized spacial score (nSPS) is 10.8. The monoisotopic (exact) mass is 304 g/mol. The molecule has 20 heavy (non-hydrogen) atoms. The molecule has 0 radical (unpaired) electrons. The van der Waals surface area contributed by atoms with Crippen LogP contribution >= 0.6 is 11.8 Å². The number of aromatic nitrogens is 3. The van der Waals surface area contributed by atoms with Crippen LogP contribution in [0.1, 0.15) is 0 Å². The smallest absolute Gasteiger partial charge is 0.313 e. The first kappa shape index (κ1) is 16.7. The SMILES string of the molecule is COCCN(CCOC)c1nnc(SCC(=O)O)n1C. The van der Waals surface area contributed by atoms with Crippen LogP contribution in [0.25, 0.3) is 0 Å². The van der Waals surface area contributed by atoms with Crippen molar-refractivity contribution in [3.63, 3.8) is 0 Å². The Morgan fingerprint density at radius 2 is 1.90 bits per heavy atom. The molecule has 0 fully saturated rings. The van der Waals surface area contributed by atoms with Crippen LogP contribution in [0.15, 0.2) is 5.16 Å². The van der Waals surface area contributed by atoms with E-state index in [-0.39, 0.29) is 5.75 Å². The molecule has 0 aliphatic carbocycles. The van der Waals surface area contributed by atoms with Crippen molar-refractivity contribution >= 4 is 23.7 Å². The molecule has 0 bridgehead atoms. The van der Waals surface area contributed by atoms with Crippen molar-refractivity contribution in [2.75, 3.05) is 51.2 Å². The van der Waals surface area contributed by atoms with Crippen LogP contribution in [0.2, 0.25) is 0 Å². The first-order valence-electron chi connectivity index (χ1n) is 6.07. The number of methoxy groups -OCH3 is 2. The van der Waals surface area contributed by atoms with Crippen molar-refractivity contribution in [1.82, 2.24) is 14.8 Å². The fraction of sp³-hybridized carbons (Fsp3) is 0.727. The standard InChI is InChI=1S/C11H20N4O4S/c1-14-10(12-13-11(14)20-8-9(16)17)15(4-6-18-2)5-7-19-3/h4-8H2,1-3H3,(H,16,17). The molecule has 0 aromatic carbocycles. The van der Waals surface area contributed by atoms with Crippen molar-refractivity contribution in [2.24, 2.45) is 7.05 Å². The highest BCUT2D eigenvalue weighted by atomic mass is 32.2. The lowest BCUT2D eigenvalue weighted by atomic mass is 10.5. The summed E-state index contributed by atoms with van der Waals surface area (Å²) in [5.74, 6) is -0.246. The number of anilines is 1. The molecule has 8 nitrogen and oxygen atoms in total. The van der Waals surface area contributed by atoms with E-state index in [1.54, 1.807) is 18.8 Å². The fourth-order valence-corrected chi connectivity index (χ4v) is 2.18. The topological polar surface area (TPSA) is 89.7 Å². The average Bonchev–Trinajstić information content (AvgIpc) is 2.78. The van der Waals surface area contributed by atoms with Gasteiger partial charge < -0.3 is 19.5 Å². The summed E-state index contributed by atoms with van der Waals surface area (Å²) in [5, 5.41) is 17.4. The Bertz CT molecular complexity index is 419. The number of hydrogen-bond acceptors (Lipinski definition) is 7. The summed E-state index contributed by atoms with van der Waals surface area (Å²) in [6.07, 6.45) is 0. The van der Waals surface area contributed by atoms with E-state index >= 15 is 0 Å². The summed E-state index contributed by atoms with van der Waals surface area (Å²) in [6, 6.07) is 0. The maximum atomic E-state index is 10.6. The first-order chi connectivity index (χ1) is 9.60. The zero-order chi connectivity index (χ0) is 15.0. The number of carboxylic acids is 1. The zero-order valence-electron chi connectivity index (χ0n) is 11.9. The molecule has 1 N–H and O–H groups in total. The Morgan fingerprint density at radius 3 is 2.40 bits per heavy atom. The van der Waals surface area contributed by atoms with Gasteiger partial charge >= 0.3 is 5.97 Å². The molecule has 1 heterocycles. The molecule has 0 saturated heterocycles. The molecule has 0 unspecified atom stereocenters. The number of hydrogen-bond donors (Lipinski definition) is 1. The maximum absolute atomic E-state index is 10.6. The van der Waals surface area contributed by atoms with Crippen LogP contribution in [0, 0.1) is 0 Å². The number of aliphatic carboxylic acids is 1. The summed E-state index contributed by atoms with van der Waals surface area (Å²) in [4.78, 5) is 12.6. The van der Waals surface area contributed by atoms with Crippen LogP contribution in [0.5, 0.6) is 0 Å². The van der Waals surface area contributed by atoms with Gasteiger partial charge in [0.15, 0.2) is 5.16 Å². The molecule has 114 valence electrons. The number of carboxylic acid groups (broad SMARTS) is 1. The minimum atomic E-state index is -0.879. The van der Waals surface area contributed by atoms with E-state index in [2.05, 4.69) is 10.2 Å². The summed E-state index contributed by atoms with van der Waals surface area (Å²) in [6.45, 7) is 2.45. The molecule has 0 aliphatic rings. The van der Waals surface area contributed by atoms with E-state index in [1.165, 1.54) is 0 Å². The van der Waals surface area contributed by atoms with Gasteiger partial charge in [0.25, 0.3) is 0 Å². The maximum Gasteiger partial charge on any atom is 0.313 e. The van der Waals surface area contributed by atoms with Gasteiger partial charge in [-0.2, -0.15) is 0 Å². The Morgan fingerprint density at radius 1 is 1.30 bits per heavy atom.